The third-order valence-corrected chi connectivity index (χ3v) is 0.927. The molecule has 1 N–H and O–H groups in total. The molecule has 1 rings (SSSR count). The molecule has 0 aliphatic heterocycles. The van der Waals surface area contributed by atoms with Crippen molar-refractivity contribution in [3.63, 3.8) is 0 Å². The first-order chi connectivity index (χ1) is 4.30. The zero-order chi connectivity index (χ0) is 6.69. The van der Waals surface area contributed by atoms with Crippen molar-refractivity contribution in [3.8, 4) is 0 Å². The lowest BCUT2D eigenvalue weighted by Crippen LogP contribution is -1.94. The van der Waals surface area contributed by atoms with E-state index in [0.717, 1.165) is 0 Å². The maximum atomic E-state index is 10.2. The maximum Gasteiger partial charge on any atom is 0.335 e. The molecule has 4 nitrogen and oxygen atoms in total. The molecule has 0 amide bonds. The molecule has 0 aliphatic rings. The number of carboxylic acids is 1. The molecule has 0 atom stereocenters. The third-order valence-electron chi connectivity index (χ3n) is 0.927. The van der Waals surface area contributed by atoms with E-state index >= 15 is 0 Å². The number of aromatic carboxylic acids is 1. The summed E-state index contributed by atoms with van der Waals surface area (Å²) in [7, 11) is 0. The number of rotatable bonds is 1. The Kier molecular flexibility index (Phi) is 3.07. The average molecular weight is 137 g/mol. The van der Waals surface area contributed by atoms with Gasteiger partial charge < -0.3 is 5.11 Å². The van der Waals surface area contributed by atoms with Gasteiger partial charge in [-0.25, -0.2) is 4.79 Å². The second kappa shape index (κ2) is 3.58. The van der Waals surface area contributed by atoms with Gasteiger partial charge in [0.1, 0.15) is 0 Å². The van der Waals surface area contributed by atoms with Gasteiger partial charge in [-0.05, 0) is 12.1 Å². The Morgan fingerprint density at radius 3 is 2.20 bits per heavy atom. The van der Waals surface area contributed by atoms with Gasteiger partial charge in [-0.1, -0.05) is 0 Å². The molecule has 0 unspecified atom stereocenters. The van der Waals surface area contributed by atoms with Crippen molar-refractivity contribution in [1.29, 1.82) is 0 Å². The van der Waals surface area contributed by atoms with Gasteiger partial charge >= 0.3 is 5.97 Å². The first-order valence-electron chi connectivity index (χ1n) is 2.44. The summed E-state index contributed by atoms with van der Waals surface area (Å²) in [5.74, 6) is -0.919. The highest BCUT2D eigenvalue weighted by atomic mass is 16.4. The summed E-state index contributed by atoms with van der Waals surface area (Å²) < 4.78 is 0. The molecule has 0 saturated carbocycles. The molecule has 0 bridgehead atoms. The van der Waals surface area contributed by atoms with E-state index in [1.165, 1.54) is 24.5 Å². The van der Waals surface area contributed by atoms with E-state index in [0.29, 0.717) is 0 Å². The SMILES string of the molecule is O=C(O)c1ccncc1.[N]. The lowest BCUT2D eigenvalue weighted by molar-refractivity contribution is 0.0697. The summed E-state index contributed by atoms with van der Waals surface area (Å²) in [6.07, 6.45) is 2.90. The average Bonchev–Trinajstić information content (AvgIpc) is 1.90. The number of aromatic nitrogens is 1. The van der Waals surface area contributed by atoms with Crippen molar-refractivity contribution in [1.82, 2.24) is 11.1 Å². The van der Waals surface area contributed by atoms with Gasteiger partial charge in [0, 0.05) is 18.5 Å². The first kappa shape index (κ1) is 8.58. The molecule has 51 valence electrons. The molecule has 0 aliphatic carbocycles. The number of carboxylic acid groups (broad SMARTS) is 1. The predicted molar refractivity (Wildman–Crippen MR) is 33.3 cm³/mol. The van der Waals surface area contributed by atoms with Crippen LogP contribution in [0.1, 0.15) is 10.4 Å². The molecule has 4 heteroatoms. The van der Waals surface area contributed by atoms with E-state index in [1.807, 2.05) is 0 Å². The Bertz CT molecular complexity index is 210. The lowest BCUT2D eigenvalue weighted by atomic mass is 10.3. The second-order valence-electron chi connectivity index (χ2n) is 1.54. The number of hydrogen-bond donors (Lipinski definition) is 1. The summed E-state index contributed by atoms with van der Waals surface area (Å²) in [4.78, 5) is 13.8. The van der Waals surface area contributed by atoms with E-state index in [2.05, 4.69) is 4.98 Å². The van der Waals surface area contributed by atoms with Crippen molar-refractivity contribution in [2.45, 2.75) is 0 Å². The Hall–Kier alpha value is -1.42. The standard InChI is InChI=1S/C6H5NO2.N/c8-6(9)5-1-3-7-4-2-5;/h1-4H,(H,8,9);. The van der Waals surface area contributed by atoms with Crippen molar-refractivity contribution in [3.05, 3.63) is 30.1 Å². The van der Waals surface area contributed by atoms with E-state index < -0.39 is 5.97 Å². The number of nitrogens with zero attached hydrogens (tertiary/aromatic N) is 2. The fourth-order valence-corrected chi connectivity index (χ4v) is 0.494. The van der Waals surface area contributed by atoms with Crippen molar-refractivity contribution in [2.24, 2.45) is 0 Å². The van der Waals surface area contributed by atoms with E-state index in [9.17, 15) is 4.79 Å². The zero-order valence-electron chi connectivity index (χ0n) is 5.06. The van der Waals surface area contributed by atoms with Crippen LogP contribution in [-0.4, -0.2) is 16.1 Å². The zero-order valence-corrected chi connectivity index (χ0v) is 5.06. The van der Waals surface area contributed by atoms with Crippen LogP contribution in [0.25, 0.3) is 0 Å². The second-order valence-corrected chi connectivity index (χ2v) is 1.54. The van der Waals surface area contributed by atoms with Gasteiger partial charge in [-0.3, -0.25) is 4.98 Å². The number of hydrogen-bond acceptors (Lipinski definition) is 2. The van der Waals surface area contributed by atoms with E-state index in [1.54, 1.807) is 0 Å². The van der Waals surface area contributed by atoms with Crippen LogP contribution in [-0.2, 0) is 0 Å². The van der Waals surface area contributed by atoms with Gasteiger partial charge in [0.15, 0.2) is 0 Å². The summed E-state index contributed by atoms with van der Waals surface area (Å²) in [5, 5.41) is 8.36. The van der Waals surface area contributed by atoms with Gasteiger partial charge in [-0.2, -0.15) is 0 Å². The topological polar surface area (TPSA) is 80.7 Å². The van der Waals surface area contributed by atoms with Gasteiger partial charge in [-0.15, -0.1) is 0 Å². The van der Waals surface area contributed by atoms with Crippen LogP contribution in [0.15, 0.2) is 24.5 Å². The van der Waals surface area contributed by atoms with Crippen LogP contribution in [0, 0.1) is 0 Å². The van der Waals surface area contributed by atoms with Crippen LogP contribution in [0.3, 0.4) is 0 Å². The minimum atomic E-state index is -0.919. The molecule has 10 heavy (non-hydrogen) atoms. The fourth-order valence-electron chi connectivity index (χ4n) is 0.494. The molecular formula is C6H5N2O2. The Balaban J connectivity index is 0.000000810. The van der Waals surface area contributed by atoms with Gasteiger partial charge in [0.05, 0.1) is 5.56 Å². The third kappa shape index (κ3) is 1.83. The quantitative estimate of drug-likeness (QED) is 0.604. The molecule has 0 aromatic carbocycles. The Morgan fingerprint density at radius 1 is 1.40 bits per heavy atom. The van der Waals surface area contributed by atoms with Crippen LogP contribution in [0.2, 0.25) is 0 Å². The highest BCUT2D eigenvalue weighted by Gasteiger charge is 1.97. The van der Waals surface area contributed by atoms with E-state index in [-0.39, 0.29) is 11.7 Å². The summed E-state index contributed by atoms with van der Waals surface area (Å²) in [6, 6.07) is 2.89. The molecule has 1 aromatic heterocycles. The highest BCUT2D eigenvalue weighted by Crippen LogP contribution is 1.93. The van der Waals surface area contributed by atoms with Crippen molar-refractivity contribution >= 4 is 5.97 Å². The summed E-state index contributed by atoms with van der Waals surface area (Å²) in [5.41, 5.74) is 0.269. The molecule has 0 spiro atoms. The highest BCUT2D eigenvalue weighted by molar-refractivity contribution is 5.87. The van der Waals surface area contributed by atoms with Crippen LogP contribution < -0.4 is 6.15 Å². The van der Waals surface area contributed by atoms with E-state index in [4.69, 9.17) is 5.11 Å². The Morgan fingerprint density at radius 2 is 1.90 bits per heavy atom. The molecule has 0 saturated heterocycles. The van der Waals surface area contributed by atoms with Gasteiger partial charge in [0.25, 0.3) is 0 Å². The van der Waals surface area contributed by atoms with Crippen LogP contribution >= 0.6 is 0 Å². The predicted octanol–water partition coefficient (Wildman–Crippen LogP) is 0.299. The smallest absolute Gasteiger partial charge is 0.335 e. The lowest BCUT2D eigenvalue weighted by Gasteiger charge is -1.87. The minimum absolute atomic E-state index is 0. The largest absolute Gasteiger partial charge is 0.478 e. The number of carbonyl (C=O) groups is 1. The summed E-state index contributed by atoms with van der Waals surface area (Å²) >= 11 is 0. The normalized spacial score (nSPS) is 8.00. The molecule has 3 radical (unpaired) electrons. The molecule has 1 aromatic rings. The minimum Gasteiger partial charge on any atom is -0.478 e. The summed E-state index contributed by atoms with van der Waals surface area (Å²) in [6.45, 7) is 0. The van der Waals surface area contributed by atoms with Crippen LogP contribution in [0.4, 0.5) is 0 Å². The van der Waals surface area contributed by atoms with Crippen molar-refractivity contribution in [2.75, 3.05) is 0 Å². The molecule has 0 fully saturated rings. The maximum absolute atomic E-state index is 10.2. The Labute approximate surface area is 58.1 Å². The van der Waals surface area contributed by atoms with Crippen LogP contribution in [0.5, 0.6) is 0 Å². The molecular weight excluding hydrogens is 132 g/mol. The van der Waals surface area contributed by atoms with Crippen molar-refractivity contribution < 1.29 is 9.90 Å². The monoisotopic (exact) mass is 137 g/mol. The molecule has 1 heterocycles. The number of pyridine rings is 1. The fraction of sp³-hybridized carbons (Fsp3) is 0. The first-order valence-corrected chi connectivity index (χ1v) is 2.44. The van der Waals surface area contributed by atoms with Gasteiger partial charge in [0.2, 0.25) is 0 Å².